The summed E-state index contributed by atoms with van der Waals surface area (Å²) in [5, 5.41) is 0.626. The number of aromatic nitrogens is 1. The van der Waals surface area contributed by atoms with Gasteiger partial charge in [-0.2, -0.15) is 0 Å². The highest BCUT2D eigenvalue weighted by Gasteiger charge is 2.31. The molecule has 0 radical (unpaired) electrons. The third kappa shape index (κ3) is 2.66. The van der Waals surface area contributed by atoms with Gasteiger partial charge in [-0.3, -0.25) is 0 Å². The monoisotopic (exact) mass is 240 g/mol. The molecule has 0 bridgehead atoms. The number of hydrogen-bond acceptors (Lipinski definition) is 3. The van der Waals surface area contributed by atoms with Crippen LogP contribution in [0.1, 0.15) is 32.3 Å². The smallest absolute Gasteiger partial charge is 0.126 e. The summed E-state index contributed by atoms with van der Waals surface area (Å²) in [6.45, 7) is 4.24. The molecule has 2 heterocycles. The van der Waals surface area contributed by atoms with Crippen LogP contribution in [0, 0.1) is 0 Å². The maximum atomic E-state index is 5.92. The zero-order valence-electron chi connectivity index (χ0n) is 9.66. The largest absolute Gasteiger partial charge is 0.383 e. The van der Waals surface area contributed by atoms with Gasteiger partial charge in [0.2, 0.25) is 0 Å². The SMILES string of the molecule is CC1(C)CCC(Cc2cc(Cl)cnc2N)O1. The van der Waals surface area contributed by atoms with E-state index >= 15 is 0 Å². The summed E-state index contributed by atoms with van der Waals surface area (Å²) in [6, 6.07) is 1.87. The van der Waals surface area contributed by atoms with E-state index in [9.17, 15) is 0 Å². The van der Waals surface area contributed by atoms with Crippen LogP contribution in [0.2, 0.25) is 5.02 Å². The highest BCUT2D eigenvalue weighted by Crippen LogP contribution is 2.32. The van der Waals surface area contributed by atoms with Crippen molar-refractivity contribution in [1.29, 1.82) is 0 Å². The van der Waals surface area contributed by atoms with E-state index in [2.05, 4.69) is 18.8 Å². The van der Waals surface area contributed by atoms with E-state index in [0.29, 0.717) is 10.8 Å². The van der Waals surface area contributed by atoms with Gasteiger partial charge in [-0.15, -0.1) is 0 Å². The second-order valence-corrected chi connectivity index (χ2v) is 5.38. The van der Waals surface area contributed by atoms with E-state index in [1.165, 1.54) is 0 Å². The first-order chi connectivity index (χ1) is 7.46. The molecule has 0 spiro atoms. The lowest BCUT2D eigenvalue weighted by molar-refractivity contribution is -0.0144. The van der Waals surface area contributed by atoms with Crippen LogP contribution in [0.3, 0.4) is 0 Å². The molecule has 16 heavy (non-hydrogen) atoms. The van der Waals surface area contributed by atoms with Gasteiger partial charge < -0.3 is 10.5 Å². The van der Waals surface area contributed by atoms with Crippen LogP contribution >= 0.6 is 11.6 Å². The number of ether oxygens (including phenoxy) is 1. The fourth-order valence-electron chi connectivity index (χ4n) is 2.12. The Bertz CT molecular complexity index is 393. The Kier molecular flexibility index (Phi) is 3.08. The summed E-state index contributed by atoms with van der Waals surface area (Å²) in [7, 11) is 0. The quantitative estimate of drug-likeness (QED) is 0.865. The molecule has 1 aliphatic heterocycles. The van der Waals surface area contributed by atoms with Crippen molar-refractivity contribution < 1.29 is 4.74 Å². The number of pyridine rings is 1. The Morgan fingerprint density at radius 2 is 2.38 bits per heavy atom. The molecule has 0 aliphatic carbocycles. The molecule has 88 valence electrons. The number of rotatable bonds is 2. The lowest BCUT2D eigenvalue weighted by atomic mass is 10.0. The van der Waals surface area contributed by atoms with Crippen molar-refractivity contribution in [2.24, 2.45) is 0 Å². The number of hydrogen-bond donors (Lipinski definition) is 1. The van der Waals surface area contributed by atoms with Gasteiger partial charge >= 0.3 is 0 Å². The van der Waals surface area contributed by atoms with Crippen molar-refractivity contribution >= 4 is 17.4 Å². The second kappa shape index (κ2) is 4.22. The molecule has 0 aromatic carbocycles. The first-order valence-electron chi connectivity index (χ1n) is 5.54. The molecule has 1 unspecified atom stereocenters. The van der Waals surface area contributed by atoms with Gasteiger partial charge in [0.05, 0.1) is 16.7 Å². The molecule has 1 aliphatic rings. The Morgan fingerprint density at radius 3 is 3.00 bits per heavy atom. The first-order valence-corrected chi connectivity index (χ1v) is 5.92. The molecule has 4 heteroatoms. The van der Waals surface area contributed by atoms with Crippen LogP contribution in [0.15, 0.2) is 12.3 Å². The van der Waals surface area contributed by atoms with Crippen molar-refractivity contribution in [3.63, 3.8) is 0 Å². The Labute approximate surface area is 101 Å². The molecular formula is C12H17ClN2O. The van der Waals surface area contributed by atoms with E-state index in [1.54, 1.807) is 6.20 Å². The fraction of sp³-hybridized carbons (Fsp3) is 0.583. The van der Waals surface area contributed by atoms with Crippen molar-refractivity contribution in [1.82, 2.24) is 4.98 Å². The van der Waals surface area contributed by atoms with Gasteiger partial charge in [0.15, 0.2) is 0 Å². The van der Waals surface area contributed by atoms with Gasteiger partial charge in [0.1, 0.15) is 5.82 Å². The number of nitrogen functional groups attached to an aromatic ring is 1. The molecule has 3 nitrogen and oxygen atoms in total. The lowest BCUT2D eigenvalue weighted by Crippen LogP contribution is -2.21. The number of anilines is 1. The van der Waals surface area contributed by atoms with Crippen molar-refractivity contribution in [3.05, 3.63) is 22.8 Å². The summed E-state index contributed by atoms with van der Waals surface area (Å²) in [4.78, 5) is 4.05. The molecule has 0 amide bonds. The lowest BCUT2D eigenvalue weighted by Gasteiger charge is -2.19. The molecule has 2 N–H and O–H groups in total. The van der Waals surface area contributed by atoms with Crippen LogP contribution in [-0.4, -0.2) is 16.7 Å². The van der Waals surface area contributed by atoms with Crippen molar-refractivity contribution in [2.45, 2.75) is 44.8 Å². The zero-order valence-corrected chi connectivity index (χ0v) is 10.4. The average Bonchev–Trinajstić information content (AvgIpc) is 2.52. The summed E-state index contributed by atoms with van der Waals surface area (Å²) in [5.74, 6) is 0.553. The molecule has 1 saturated heterocycles. The molecule has 1 aromatic rings. The Morgan fingerprint density at radius 1 is 1.62 bits per heavy atom. The molecule has 1 fully saturated rings. The molecule has 1 aromatic heterocycles. The first kappa shape index (κ1) is 11.7. The Hall–Kier alpha value is -0.800. The third-order valence-electron chi connectivity index (χ3n) is 2.97. The molecule has 2 rings (SSSR count). The number of halogens is 1. The zero-order chi connectivity index (χ0) is 11.8. The van der Waals surface area contributed by atoms with E-state index in [1.807, 2.05) is 6.07 Å². The normalized spacial score (nSPS) is 23.6. The maximum Gasteiger partial charge on any atom is 0.126 e. The topological polar surface area (TPSA) is 48.1 Å². The van der Waals surface area contributed by atoms with Gasteiger partial charge in [-0.25, -0.2) is 4.98 Å². The average molecular weight is 241 g/mol. The fourth-order valence-corrected chi connectivity index (χ4v) is 2.30. The van der Waals surface area contributed by atoms with Gasteiger partial charge in [0.25, 0.3) is 0 Å². The van der Waals surface area contributed by atoms with Crippen LogP contribution in [0.5, 0.6) is 0 Å². The van der Waals surface area contributed by atoms with Crippen molar-refractivity contribution in [2.75, 3.05) is 5.73 Å². The van der Waals surface area contributed by atoms with Crippen LogP contribution in [0.25, 0.3) is 0 Å². The molecule has 1 atom stereocenters. The van der Waals surface area contributed by atoms with E-state index in [0.717, 1.165) is 24.8 Å². The molecular weight excluding hydrogens is 224 g/mol. The van der Waals surface area contributed by atoms with Crippen LogP contribution < -0.4 is 5.73 Å². The standard InChI is InChI=1S/C12H17ClN2O/c1-12(2)4-3-10(16-12)6-8-5-9(13)7-15-11(8)14/h5,7,10H,3-4,6H2,1-2H3,(H2,14,15). The minimum atomic E-state index is -0.00850. The highest BCUT2D eigenvalue weighted by atomic mass is 35.5. The molecule has 0 saturated carbocycles. The predicted octanol–water partition coefficient (Wildman–Crippen LogP) is 2.82. The van der Waals surface area contributed by atoms with Gasteiger partial charge in [-0.05, 0) is 38.3 Å². The van der Waals surface area contributed by atoms with E-state index in [-0.39, 0.29) is 11.7 Å². The summed E-state index contributed by atoms with van der Waals surface area (Å²) < 4.78 is 5.92. The maximum absolute atomic E-state index is 5.92. The summed E-state index contributed by atoms with van der Waals surface area (Å²) >= 11 is 5.90. The van der Waals surface area contributed by atoms with Crippen LogP contribution in [0.4, 0.5) is 5.82 Å². The van der Waals surface area contributed by atoms with Gasteiger partial charge in [-0.1, -0.05) is 11.6 Å². The number of nitrogens with zero attached hydrogens (tertiary/aromatic N) is 1. The van der Waals surface area contributed by atoms with Crippen LogP contribution in [-0.2, 0) is 11.2 Å². The predicted molar refractivity (Wildman–Crippen MR) is 65.5 cm³/mol. The second-order valence-electron chi connectivity index (χ2n) is 4.94. The summed E-state index contributed by atoms with van der Waals surface area (Å²) in [5.41, 5.74) is 6.78. The Balaban J connectivity index is 2.07. The minimum absolute atomic E-state index is 0.00850. The van der Waals surface area contributed by atoms with E-state index < -0.39 is 0 Å². The minimum Gasteiger partial charge on any atom is -0.383 e. The summed E-state index contributed by atoms with van der Waals surface area (Å²) in [6.07, 6.45) is 4.75. The number of nitrogens with two attached hydrogens (primary N) is 1. The van der Waals surface area contributed by atoms with E-state index in [4.69, 9.17) is 22.1 Å². The highest BCUT2D eigenvalue weighted by molar-refractivity contribution is 6.30. The third-order valence-corrected chi connectivity index (χ3v) is 3.18. The van der Waals surface area contributed by atoms with Gasteiger partial charge in [0, 0.05) is 12.6 Å². The van der Waals surface area contributed by atoms with Crippen molar-refractivity contribution in [3.8, 4) is 0 Å².